The van der Waals surface area contributed by atoms with Crippen molar-refractivity contribution in [2.24, 2.45) is 0 Å². The highest BCUT2D eigenvalue weighted by Crippen LogP contribution is 2.21. The van der Waals surface area contributed by atoms with Gasteiger partial charge in [0.05, 0.1) is 19.3 Å². The summed E-state index contributed by atoms with van der Waals surface area (Å²) >= 11 is 0. The van der Waals surface area contributed by atoms with Gasteiger partial charge in [-0.2, -0.15) is 0 Å². The van der Waals surface area contributed by atoms with Gasteiger partial charge in [-0.3, -0.25) is 0 Å². The highest BCUT2D eigenvalue weighted by Gasteiger charge is 2.16. The van der Waals surface area contributed by atoms with Gasteiger partial charge in [0.1, 0.15) is 11.9 Å². The Labute approximate surface area is 128 Å². The van der Waals surface area contributed by atoms with Gasteiger partial charge in [-0.05, 0) is 11.6 Å². The Balaban J connectivity index is 1.86. The van der Waals surface area contributed by atoms with Gasteiger partial charge in [0, 0.05) is 18.5 Å². The molecule has 0 aliphatic heterocycles. The van der Waals surface area contributed by atoms with Crippen LogP contribution in [0.15, 0.2) is 60.9 Å². The molecule has 22 heavy (non-hydrogen) atoms. The number of ether oxygens (including phenoxy) is 1. The normalized spacial score (nSPS) is 12.1. The molecular weight excluding hydrogens is 278 g/mol. The van der Waals surface area contributed by atoms with E-state index < -0.39 is 6.10 Å². The molecule has 0 amide bonds. The monoisotopic (exact) mass is 295 g/mol. The molecule has 3 aromatic rings. The number of aromatic nitrogens is 3. The maximum atomic E-state index is 10.5. The Morgan fingerprint density at radius 3 is 2.73 bits per heavy atom. The predicted molar refractivity (Wildman–Crippen MR) is 82.6 cm³/mol. The largest absolute Gasteiger partial charge is 0.481 e. The fourth-order valence-corrected chi connectivity index (χ4v) is 2.32. The maximum Gasteiger partial charge on any atom is 0.213 e. The van der Waals surface area contributed by atoms with E-state index in [1.807, 2.05) is 53.2 Å². The fraction of sp³-hybridized carbons (Fsp3) is 0.176. The van der Waals surface area contributed by atoms with E-state index in [-0.39, 0.29) is 0 Å². The number of rotatable bonds is 5. The van der Waals surface area contributed by atoms with Crippen molar-refractivity contribution < 1.29 is 9.84 Å². The first-order valence-electron chi connectivity index (χ1n) is 7.02. The minimum Gasteiger partial charge on any atom is -0.481 e. The molecule has 112 valence electrons. The van der Waals surface area contributed by atoms with Crippen LogP contribution in [0.1, 0.15) is 23.2 Å². The molecule has 0 aliphatic carbocycles. The molecule has 3 rings (SSSR count). The van der Waals surface area contributed by atoms with E-state index in [9.17, 15) is 5.11 Å². The van der Waals surface area contributed by atoms with Crippen molar-refractivity contribution in [3.8, 4) is 5.88 Å². The molecule has 2 heterocycles. The van der Waals surface area contributed by atoms with Gasteiger partial charge >= 0.3 is 0 Å². The zero-order valence-electron chi connectivity index (χ0n) is 12.3. The predicted octanol–water partition coefficient (Wildman–Crippen LogP) is 2.42. The van der Waals surface area contributed by atoms with Crippen LogP contribution in [0.3, 0.4) is 0 Å². The lowest BCUT2D eigenvalue weighted by molar-refractivity contribution is 0.205. The first kappa shape index (κ1) is 14.3. The summed E-state index contributed by atoms with van der Waals surface area (Å²) in [5.41, 5.74) is 1.66. The van der Waals surface area contributed by atoms with Gasteiger partial charge < -0.3 is 14.4 Å². The summed E-state index contributed by atoms with van der Waals surface area (Å²) in [4.78, 5) is 8.67. The molecule has 0 aliphatic rings. The second-order valence-corrected chi connectivity index (χ2v) is 4.90. The average Bonchev–Trinajstić information content (AvgIpc) is 3.03. The lowest BCUT2D eigenvalue weighted by atomic mass is 10.1. The zero-order chi connectivity index (χ0) is 15.4. The van der Waals surface area contributed by atoms with Crippen LogP contribution in [0.25, 0.3) is 0 Å². The van der Waals surface area contributed by atoms with Crippen molar-refractivity contribution in [2.45, 2.75) is 12.6 Å². The molecule has 0 saturated heterocycles. The third-order valence-corrected chi connectivity index (χ3v) is 3.43. The summed E-state index contributed by atoms with van der Waals surface area (Å²) in [6.45, 7) is 0.524. The Hall–Kier alpha value is -2.66. The number of imidazole rings is 1. The SMILES string of the molecule is COc1cccc(Cn2ccnc2C(O)c2ccccc2)n1. The molecule has 5 nitrogen and oxygen atoms in total. The quantitative estimate of drug-likeness (QED) is 0.785. The molecule has 5 heteroatoms. The van der Waals surface area contributed by atoms with Crippen LogP contribution in [-0.2, 0) is 6.54 Å². The lowest BCUT2D eigenvalue weighted by Gasteiger charge is -2.13. The van der Waals surface area contributed by atoms with Crippen LogP contribution in [-0.4, -0.2) is 26.8 Å². The first-order chi connectivity index (χ1) is 10.8. The van der Waals surface area contributed by atoms with Crippen LogP contribution in [0.5, 0.6) is 5.88 Å². The van der Waals surface area contributed by atoms with Gasteiger partial charge in [0.25, 0.3) is 0 Å². The molecule has 0 bridgehead atoms. The van der Waals surface area contributed by atoms with Crippen molar-refractivity contribution in [3.63, 3.8) is 0 Å². The molecule has 1 unspecified atom stereocenters. The summed E-state index contributed by atoms with van der Waals surface area (Å²) < 4.78 is 7.02. The van der Waals surface area contributed by atoms with E-state index in [4.69, 9.17) is 4.74 Å². The third-order valence-electron chi connectivity index (χ3n) is 3.43. The molecule has 0 radical (unpaired) electrons. The molecule has 0 spiro atoms. The van der Waals surface area contributed by atoms with E-state index in [1.165, 1.54) is 0 Å². The number of aliphatic hydroxyl groups is 1. The van der Waals surface area contributed by atoms with E-state index >= 15 is 0 Å². The fourth-order valence-electron chi connectivity index (χ4n) is 2.32. The summed E-state index contributed by atoms with van der Waals surface area (Å²) in [5.74, 6) is 1.17. The van der Waals surface area contributed by atoms with Crippen molar-refractivity contribution >= 4 is 0 Å². The Kier molecular flexibility index (Phi) is 4.16. The van der Waals surface area contributed by atoms with Crippen LogP contribution >= 0.6 is 0 Å². The van der Waals surface area contributed by atoms with E-state index in [0.717, 1.165) is 11.3 Å². The third kappa shape index (κ3) is 2.99. The van der Waals surface area contributed by atoms with Crippen molar-refractivity contribution in [1.82, 2.24) is 14.5 Å². The van der Waals surface area contributed by atoms with Crippen LogP contribution in [0.2, 0.25) is 0 Å². The van der Waals surface area contributed by atoms with Crippen LogP contribution < -0.4 is 4.74 Å². The lowest BCUT2D eigenvalue weighted by Crippen LogP contribution is -2.11. The first-order valence-corrected chi connectivity index (χ1v) is 7.02. The summed E-state index contributed by atoms with van der Waals surface area (Å²) in [5, 5.41) is 10.5. The molecular formula is C17H17N3O2. The molecule has 2 aromatic heterocycles. The molecule has 0 fully saturated rings. The number of pyridine rings is 1. The van der Waals surface area contributed by atoms with Gasteiger partial charge in [-0.1, -0.05) is 36.4 Å². The van der Waals surface area contributed by atoms with E-state index in [2.05, 4.69) is 9.97 Å². The standard InChI is InChI=1S/C17H17N3O2/c1-22-15-9-5-8-14(19-15)12-20-11-10-18-17(20)16(21)13-6-3-2-4-7-13/h2-11,16,21H,12H2,1H3. The zero-order valence-corrected chi connectivity index (χ0v) is 12.3. The van der Waals surface area contributed by atoms with Crippen LogP contribution in [0.4, 0.5) is 0 Å². The molecule has 1 atom stereocenters. The number of hydrogen-bond donors (Lipinski definition) is 1. The number of aliphatic hydroxyl groups excluding tert-OH is 1. The van der Waals surface area contributed by atoms with Gasteiger partial charge in [-0.25, -0.2) is 9.97 Å². The second kappa shape index (κ2) is 6.41. The summed E-state index contributed by atoms with van der Waals surface area (Å²) in [6.07, 6.45) is 2.76. The molecule has 0 saturated carbocycles. The topological polar surface area (TPSA) is 60.2 Å². The average molecular weight is 295 g/mol. The minimum atomic E-state index is -0.762. The number of hydrogen-bond acceptors (Lipinski definition) is 4. The number of methoxy groups -OCH3 is 1. The highest BCUT2D eigenvalue weighted by atomic mass is 16.5. The van der Waals surface area contributed by atoms with Crippen molar-refractivity contribution in [3.05, 3.63) is 78.0 Å². The Bertz CT molecular complexity index is 740. The second-order valence-electron chi connectivity index (χ2n) is 4.90. The van der Waals surface area contributed by atoms with Gasteiger partial charge in [0.15, 0.2) is 0 Å². The summed E-state index contributed by atoms with van der Waals surface area (Å²) in [6, 6.07) is 15.1. The molecule has 1 N–H and O–H groups in total. The number of nitrogens with zero attached hydrogens (tertiary/aromatic N) is 3. The van der Waals surface area contributed by atoms with Crippen LogP contribution in [0, 0.1) is 0 Å². The smallest absolute Gasteiger partial charge is 0.213 e. The number of benzene rings is 1. The Morgan fingerprint density at radius 1 is 1.14 bits per heavy atom. The Morgan fingerprint density at radius 2 is 1.95 bits per heavy atom. The maximum absolute atomic E-state index is 10.5. The van der Waals surface area contributed by atoms with Crippen molar-refractivity contribution in [1.29, 1.82) is 0 Å². The minimum absolute atomic E-state index is 0.524. The van der Waals surface area contributed by atoms with E-state index in [1.54, 1.807) is 19.4 Å². The van der Waals surface area contributed by atoms with Crippen molar-refractivity contribution in [2.75, 3.05) is 7.11 Å². The van der Waals surface area contributed by atoms with Gasteiger partial charge in [0.2, 0.25) is 5.88 Å². The van der Waals surface area contributed by atoms with Gasteiger partial charge in [-0.15, -0.1) is 0 Å². The highest BCUT2D eigenvalue weighted by molar-refractivity contribution is 5.23. The molecule has 1 aromatic carbocycles. The summed E-state index contributed by atoms with van der Waals surface area (Å²) in [7, 11) is 1.59. The van der Waals surface area contributed by atoms with E-state index in [0.29, 0.717) is 18.2 Å².